The Morgan fingerprint density at radius 1 is 1.25 bits per heavy atom. The molecule has 3 nitrogen and oxygen atoms in total. The van der Waals surface area contributed by atoms with E-state index in [0.29, 0.717) is 0 Å². The first-order valence-electron chi connectivity index (χ1n) is 7.78. The van der Waals surface area contributed by atoms with Crippen LogP contribution in [-0.2, 0) is 19.6 Å². The molecule has 3 N–H and O–H groups in total. The molecule has 1 aliphatic heterocycles. The highest BCUT2D eigenvalue weighted by Crippen LogP contribution is 2.34. The minimum Gasteiger partial charge on any atom is -0.345 e. The predicted molar refractivity (Wildman–Crippen MR) is 84.7 cm³/mol. The summed E-state index contributed by atoms with van der Waals surface area (Å²) >= 11 is 0. The molecule has 3 rings (SSSR count). The van der Waals surface area contributed by atoms with Crippen molar-refractivity contribution in [1.82, 2.24) is 9.88 Å². The van der Waals surface area contributed by atoms with Gasteiger partial charge in [-0.25, -0.2) is 0 Å². The second kappa shape index (κ2) is 5.23. The lowest BCUT2D eigenvalue weighted by molar-refractivity contribution is 0.656. The van der Waals surface area contributed by atoms with Crippen LogP contribution in [0.1, 0.15) is 55.1 Å². The summed E-state index contributed by atoms with van der Waals surface area (Å²) in [6.45, 7) is 9.69. The van der Waals surface area contributed by atoms with Crippen molar-refractivity contribution >= 4 is 10.9 Å². The molecule has 1 aromatic heterocycles. The zero-order chi connectivity index (χ0) is 14.3. The fourth-order valence-electron chi connectivity index (χ4n) is 3.48. The molecule has 2 heterocycles. The van der Waals surface area contributed by atoms with Crippen LogP contribution in [0.15, 0.2) is 12.1 Å². The molecule has 3 heteroatoms. The van der Waals surface area contributed by atoms with E-state index < -0.39 is 0 Å². The fraction of sp³-hybridized carbons (Fsp3) is 0.529. The van der Waals surface area contributed by atoms with Gasteiger partial charge >= 0.3 is 0 Å². The van der Waals surface area contributed by atoms with Gasteiger partial charge in [0.15, 0.2) is 0 Å². The molecular weight excluding hydrogens is 246 g/mol. The zero-order valence-corrected chi connectivity index (χ0v) is 12.8. The number of fused-ring (bicyclic) bond motifs is 2. The molecule has 0 aliphatic carbocycles. The highest BCUT2D eigenvalue weighted by Gasteiger charge is 2.21. The average Bonchev–Trinajstić information content (AvgIpc) is 3.00. The van der Waals surface area contributed by atoms with Crippen LogP contribution in [0.3, 0.4) is 0 Å². The number of nitrogens with one attached hydrogen (secondary N) is 1. The van der Waals surface area contributed by atoms with Crippen LogP contribution < -0.4 is 11.1 Å². The van der Waals surface area contributed by atoms with Gasteiger partial charge in [-0.15, -0.1) is 0 Å². The number of hydrogen-bond donors (Lipinski definition) is 2. The number of rotatable bonds is 4. The zero-order valence-electron chi connectivity index (χ0n) is 12.8. The summed E-state index contributed by atoms with van der Waals surface area (Å²) in [6.07, 6.45) is 2.14. The van der Waals surface area contributed by atoms with E-state index in [2.05, 4.69) is 42.8 Å². The number of hydrogen-bond acceptors (Lipinski definition) is 2. The second-order valence-corrected chi connectivity index (χ2v) is 5.91. The van der Waals surface area contributed by atoms with Crippen LogP contribution in [0.4, 0.5) is 0 Å². The van der Waals surface area contributed by atoms with E-state index in [1.807, 2.05) is 0 Å². The lowest BCUT2D eigenvalue weighted by Gasteiger charge is -2.11. The van der Waals surface area contributed by atoms with Gasteiger partial charge in [-0.1, -0.05) is 13.8 Å². The summed E-state index contributed by atoms with van der Waals surface area (Å²) in [4.78, 5) is 0. The topological polar surface area (TPSA) is 43.0 Å². The average molecular weight is 271 g/mol. The first kappa shape index (κ1) is 13.7. The van der Waals surface area contributed by atoms with Crippen LogP contribution in [0.25, 0.3) is 10.9 Å². The molecule has 108 valence electrons. The minimum atomic E-state index is 0.142. The molecule has 0 bridgehead atoms. The van der Waals surface area contributed by atoms with Gasteiger partial charge in [0.1, 0.15) is 0 Å². The highest BCUT2D eigenvalue weighted by atomic mass is 15.0. The number of aryl methyl sites for hydroxylation is 1. The quantitative estimate of drug-likeness (QED) is 0.895. The Bertz CT molecular complexity index is 639. The Hall–Kier alpha value is -1.32. The van der Waals surface area contributed by atoms with Crippen molar-refractivity contribution in [3.05, 3.63) is 34.5 Å². The van der Waals surface area contributed by atoms with Crippen molar-refractivity contribution in [2.45, 2.75) is 59.3 Å². The maximum Gasteiger partial charge on any atom is 0.0489 e. The number of nitrogens with zero attached hydrogens (tertiary/aromatic N) is 1. The van der Waals surface area contributed by atoms with E-state index in [0.717, 1.165) is 32.5 Å². The summed E-state index contributed by atoms with van der Waals surface area (Å²) in [5.41, 5.74) is 13.3. The Morgan fingerprint density at radius 3 is 2.60 bits per heavy atom. The van der Waals surface area contributed by atoms with Crippen LogP contribution >= 0.6 is 0 Å². The van der Waals surface area contributed by atoms with Crippen LogP contribution in [-0.4, -0.2) is 4.57 Å². The van der Waals surface area contributed by atoms with Crippen molar-refractivity contribution in [2.24, 2.45) is 5.73 Å². The Balaban J connectivity index is 2.29. The molecule has 0 spiro atoms. The van der Waals surface area contributed by atoms with E-state index in [1.54, 1.807) is 0 Å². The maximum atomic E-state index is 6.39. The second-order valence-electron chi connectivity index (χ2n) is 5.91. The summed E-state index contributed by atoms with van der Waals surface area (Å²) in [6, 6.07) is 4.89. The summed E-state index contributed by atoms with van der Waals surface area (Å²) < 4.78 is 2.46. The highest BCUT2D eigenvalue weighted by molar-refractivity contribution is 5.88. The lowest BCUT2D eigenvalue weighted by Crippen LogP contribution is -2.10. The summed E-state index contributed by atoms with van der Waals surface area (Å²) in [7, 11) is 0. The first-order valence-corrected chi connectivity index (χ1v) is 7.78. The van der Waals surface area contributed by atoms with Crippen molar-refractivity contribution in [1.29, 1.82) is 0 Å². The molecule has 0 saturated heterocycles. The number of nitrogens with two attached hydrogens (primary N) is 1. The maximum absolute atomic E-state index is 6.39. The fourth-order valence-corrected chi connectivity index (χ4v) is 3.48. The van der Waals surface area contributed by atoms with Gasteiger partial charge < -0.3 is 15.6 Å². The third kappa shape index (κ3) is 1.97. The molecule has 0 radical (unpaired) electrons. The smallest absolute Gasteiger partial charge is 0.0489 e. The van der Waals surface area contributed by atoms with Gasteiger partial charge in [-0.05, 0) is 48.6 Å². The molecule has 0 amide bonds. The molecule has 20 heavy (non-hydrogen) atoms. The summed E-state index contributed by atoms with van der Waals surface area (Å²) in [5.74, 6) is 0. The van der Waals surface area contributed by atoms with Crippen molar-refractivity contribution in [2.75, 3.05) is 0 Å². The molecule has 0 fully saturated rings. The van der Waals surface area contributed by atoms with Crippen molar-refractivity contribution in [3.8, 4) is 0 Å². The Morgan fingerprint density at radius 2 is 1.95 bits per heavy atom. The molecule has 0 saturated carbocycles. The first-order chi connectivity index (χ1) is 9.67. The van der Waals surface area contributed by atoms with Crippen LogP contribution in [0, 0.1) is 6.92 Å². The van der Waals surface area contributed by atoms with Crippen LogP contribution in [0.2, 0.25) is 0 Å². The molecule has 2 aromatic rings. The largest absolute Gasteiger partial charge is 0.345 e. The molecule has 1 aliphatic rings. The molecular formula is C17H25N3. The van der Waals surface area contributed by atoms with Gasteiger partial charge in [-0.2, -0.15) is 0 Å². The minimum absolute atomic E-state index is 0.142. The normalized spacial score (nSPS) is 15.8. The number of aromatic nitrogens is 1. The molecule has 1 aromatic carbocycles. The monoisotopic (exact) mass is 271 g/mol. The molecule has 1 atom stereocenters. The molecule has 1 unspecified atom stereocenters. The van der Waals surface area contributed by atoms with Gasteiger partial charge in [0, 0.05) is 42.3 Å². The van der Waals surface area contributed by atoms with Gasteiger partial charge in [0.25, 0.3) is 0 Å². The van der Waals surface area contributed by atoms with Gasteiger partial charge in [0.05, 0.1) is 0 Å². The van der Waals surface area contributed by atoms with Crippen molar-refractivity contribution < 1.29 is 0 Å². The van der Waals surface area contributed by atoms with Gasteiger partial charge in [0.2, 0.25) is 0 Å². The van der Waals surface area contributed by atoms with E-state index in [1.165, 1.54) is 33.3 Å². The van der Waals surface area contributed by atoms with Crippen molar-refractivity contribution in [3.63, 3.8) is 0 Å². The van der Waals surface area contributed by atoms with E-state index in [9.17, 15) is 0 Å². The summed E-state index contributed by atoms with van der Waals surface area (Å²) in [5, 5.41) is 4.81. The number of benzene rings is 1. The van der Waals surface area contributed by atoms with E-state index in [4.69, 9.17) is 5.73 Å². The SMILES string of the molecule is CCCn1c(C)c(C(N)CC)c2cc3c(cc21)CNC3. The third-order valence-electron chi connectivity index (χ3n) is 4.58. The Labute approximate surface area is 121 Å². The Kier molecular flexibility index (Phi) is 3.57. The third-order valence-corrected chi connectivity index (χ3v) is 4.58. The van der Waals surface area contributed by atoms with E-state index in [-0.39, 0.29) is 6.04 Å². The van der Waals surface area contributed by atoms with Gasteiger partial charge in [-0.3, -0.25) is 0 Å². The standard InChI is InChI=1S/C17H25N3/c1-4-6-20-11(3)17(15(18)5-2)14-7-12-9-19-10-13(12)8-16(14)20/h7-8,15,19H,4-6,9-10,18H2,1-3H3. The predicted octanol–water partition coefficient (Wildman–Crippen LogP) is 3.37. The van der Waals surface area contributed by atoms with Crippen LogP contribution in [0.5, 0.6) is 0 Å². The lowest BCUT2D eigenvalue weighted by atomic mass is 9.99. The van der Waals surface area contributed by atoms with E-state index >= 15 is 0 Å².